The standard InChI is InChI=1S/C14H23N3O/c1-11(15-4)12-5-6-16-13(9-12)17-7-8-18-14(2,3)10-17/h5-6,9,11,15H,7-8,10H2,1-4H3. The second-order valence-corrected chi connectivity index (χ2v) is 5.49. The van der Waals surface area contributed by atoms with E-state index in [9.17, 15) is 0 Å². The molecule has 0 aromatic carbocycles. The van der Waals surface area contributed by atoms with Gasteiger partial charge in [-0.1, -0.05) is 0 Å². The summed E-state index contributed by atoms with van der Waals surface area (Å²) in [5.41, 5.74) is 1.18. The van der Waals surface area contributed by atoms with Gasteiger partial charge in [0.25, 0.3) is 0 Å². The molecule has 0 bridgehead atoms. The Morgan fingerprint density at radius 1 is 1.50 bits per heavy atom. The molecule has 0 saturated carbocycles. The van der Waals surface area contributed by atoms with Crippen LogP contribution in [0.15, 0.2) is 18.3 Å². The Balaban J connectivity index is 2.18. The van der Waals surface area contributed by atoms with Crippen LogP contribution in [0.25, 0.3) is 0 Å². The van der Waals surface area contributed by atoms with Gasteiger partial charge in [0.2, 0.25) is 0 Å². The molecule has 1 N–H and O–H groups in total. The molecule has 1 unspecified atom stereocenters. The van der Waals surface area contributed by atoms with Crippen LogP contribution in [0.4, 0.5) is 5.82 Å². The quantitative estimate of drug-likeness (QED) is 0.889. The molecule has 1 aromatic rings. The molecule has 4 nitrogen and oxygen atoms in total. The second-order valence-electron chi connectivity index (χ2n) is 5.49. The lowest BCUT2D eigenvalue weighted by molar-refractivity contribution is -0.0279. The van der Waals surface area contributed by atoms with Crippen LogP contribution in [0, 0.1) is 0 Å². The van der Waals surface area contributed by atoms with E-state index in [0.717, 1.165) is 25.5 Å². The van der Waals surface area contributed by atoms with Gasteiger partial charge in [0.15, 0.2) is 0 Å². The first-order valence-electron chi connectivity index (χ1n) is 6.54. The van der Waals surface area contributed by atoms with Crippen molar-refractivity contribution in [3.8, 4) is 0 Å². The normalized spacial score (nSPS) is 20.8. The van der Waals surface area contributed by atoms with Crippen LogP contribution in [0.2, 0.25) is 0 Å². The van der Waals surface area contributed by atoms with Crippen molar-refractivity contribution in [2.75, 3.05) is 31.6 Å². The summed E-state index contributed by atoms with van der Waals surface area (Å²) in [7, 11) is 1.97. The zero-order chi connectivity index (χ0) is 13.2. The average Bonchev–Trinajstić information content (AvgIpc) is 2.37. The lowest BCUT2D eigenvalue weighted by Crippen LogP contribution is -2.48. The van der Waals surface area contributed by atoms with Gasteiger partial charge in [-0.3, -0.25) is 0 Å². The molecule has 1 atom stereocenters. The summed E-state index contributed by atoms with van der Waals surface area (Å²) in [5, 5.41) is 3.26. The van der Waals surface area contributed by atoms with Gasteiger partial charge in [-0.2, -0.15) is 0 Å². The zero-order valence-corrected chi connectivity index (χ0v) is 11.7. The van der Waals surface area contributed by atoms with Gasteiger partial charge in [0.05, 0.1) is 12.2 Å². The number of morpholine rings is 1. The molecule has 1 saturated heterocycles. The van der Waals surface area contributed by atoms with Crippen molar-refractivity contribution in [1.82, 2.24) is 10.3 Å². The molecule has 1 aliphatic rings. The van der Waals surface area contributed by atoms with Crippen molar-refractivity contribution in [2.24, 2.45) is 0 Å². The number of nitrogens with one attached hydrogen (secondary N) is 1. The van der Waals surface area contributed by atoms with E-state index in [1.165, 1.54) is 5.56 Å². The topological polar surface area (TPSA) is 37.4 Å². The summed E-state index contributed by atoms with van der Waals surface area (Å²) in [5.74, 6) is 1.05. The minimum atomic E-state index is -0.0927. The van der Waals surface area contributed by atoms with Crippen LogP contribution in [0.1, 0.15) is 32.4 Å². The second kappa shape index (κ2) is 5.24. The third-order valence-electron chi connectivity index (χ3n) is 3.45. The van der Waals surface area contributed by atoms with Crippen molar-refractivity contribution < 1.29 is 4.74 Å². The lowest BCUT2D eigenvalue weighted by Gasteiger charge is -2.39. The molecular formula is C14H23N3O. The Morgan fingerprint density at radius 3 is 2.94 bits per heavy atom. The van der Waals surface area contributed by atoms with Crippen LogP contribution in [0.5, 0.6) is 0 Å². The molecule has 2 rings (SSSR count). The van der Waals surface area contributed by atoms with Crippen molar-refractivity contribution in [1.29, 1.82) is 0 Å². The van der Waals surface area contributed by atoms with Crippen LogP contribution < -0.4 is 10.2 Å². The molecule has 2 heterocycles. The maximum absolute atomic E-state index is 5.73. The maximum Gasteiger partial charge on any atom is 0.128 e. The number of hydrogen-bond donors (Lipinski definition) is 1. The molecule has 4 heteroatoms. The number of aromatic nitrogens is 1. The summed E-state index contributed by atoms with van der Waals surface area (Å²) in [4.78, 5) is 6.79. The Hall–Kier alpha value is -1.13. The van der Waals surface area contributed by atoms with Crippen molar-refractivity contribution >= 4 is 5.82 Å². The highest BCUT2D eigenvalue weighted by Crippen LogP contribution is 2.23. The summed E-state index contributed by atoms with van der Waals surface area (Å²) in [6.07, 6.45) is 1.89. The fourth-order valence-corrected chi connectivity index (χ4v) is 2.26. The van der Waals surface area contributed by atoms with Gasteiger partial charge in [0, 0.05) is 25.3 Å². The molecule has 100 valence electrons. The van der Waals surface area contributed by atoms with Crippen LogP contribution in [-0.4, -0.2) is 37.3 Å². The highest BCUT2D eigenvalue weighted by atomic mass is 16.5. The molecule has 0 aliphatic carbocycles. The van der Waals surface area contributed by atoms with Crippen LogP contribution in [-0.2, 0) is 4.74 Å². The third-order valence-corrected chi connectivity index (χ3v) is 3.45. The summed E-state index contributed by atoms with van der Waals surface area (Å²) >= 11 is 0. The Bertz CT molecular complexity index is 406. The van der Waals surface area contributed by atoms with Gasteiger partial charge >= 0.3 is 0 Å². The fraction of sp³-hybridized carbons (Fsp3) is 0.643. The minimum absolute atomic E-state index is 0.0927. The van der Waals surface area contributed by atoms with Gasteiger partial charge in [-0.15, -0.1) is 0 Å². The Kier molecular flexibility index (Phi) is 3.88. The molecule has 1 aliphatic heterocycles. The number of rotatable bonds is 3. The van der Waals surface area contributed by atoms with E-state index in [4.69, 9.17) is 4.74 Å². The summed E-state index contributed by atoms with van der Waals surface area (Å²) < 4.78 is 5.73. The molecule has 1 fully saturated rings. The Morgan fingerprint density at radius 2 is 2.28 bits per heavy atom. The zero-order valence-electron chi connectivity index (χ0n) is 11.7. The van der Waals surface area contributed by atoms with Crippen molar-refractivity contribution in [3.05, 3.63) is 23.9 Å². The average molecular weight is 249 g/mol. The van der Waals surface area contributed by atoms with Gasteiger partial charge in [-0.25, -0.2) is 4.98 Å². The van der Waals surface area contributed by atoms with Gasteiger partial charge in [0.1, 0.15) is 5.82 Å². The fourth-order valence-electron chi connectivity index (χ4n) is 2.26. The van der Waals surface area contributed by atoms with E-state index in [1.54, 1.807) is 0 Å². The Labute approximate surface area is 109 Å². The van der Waals surface area contributed by atoms with E-state index in [1.807, 2.05) is 13.2 Å². The summed E-state index contributed by atoms with van der Waals surface area (Å²) in [6, 6.07) is 4.58. The number of nitrogens with zero attached hydrogens (tertiary/aromatic N) is 2. The number of hydrogen-bond acceptors (Lipinski definition) is 4. The predicted octanol–water partition coefficient (Wildman–Crippen LogP) is 1.98. The first-order chi connectivity index (χ1) is 8.52. The SMILES string of the molecule is CNC(C)c1ccnc(N2CCOC(C)(C)C2)c1. The molecule has 0 amide bonds. The summed E-state index contributed by atoms with van der Waals surface area (Å²) in [6.45, 7) is 8.96. The molecule has 18 heavy (non-hydrogen) atoms. The largest absolute Gasteiger partial charge is 0.372 e. The number of pyridine rings is 1. The van der Waals surface area contributed by atoms with E-state index in [2.05, 4.69) is 48.1 Å². The van der Waals surface area contributed by atoms with Crippen molar-refractivity contribution in [3.63, 3.8) is 0 Å². The smallest absolute Gasteiger partial charge is 0.128 e. The van der Waals surface area contributed by atoms with Crippen LogP contribution in [0.3, 0.4) is 0 Å². The van der Waals surface area contributed by atoms with E-state index >= 15 is 0 Å². The highest BCUT2D eigenvalue weighted by Gasteiger charge is 2.27. The minimum Gasteiger partial charge on any atom is -0.372 e. The van der Waals surface area contributed by atoms with Gasteiger partial charge < -0.3 is 15.0 Å². The third kappa shape index (κ3) is 3.00. The molecule has 0 radical (unpaired) electrons. The van der Waals surface area contributed by atoms with Crippen molar-refractivity contribution in [2.45, 2.75) is 32.4 Å². The molecule has 1 aromatic heterocycles. The highest BCUT2D eigenvalue weighted by molar-refractivity contribution is 5.42. The predicted molar refractivity (Wildman–Crippen MR) is 74.0 cm³/mol. The van der Waals surface area contributed by atoms with E-state index < -0.39 is 0 Å². The number of ether oxygens (including phenoxy) is 1. The maximum atomic E-state index is 5.73. The lowest BCUT2D eigenvalue weighted by atomic mass is 10.1. The van der Waals surface area contributed by atoms with E-state index in [0.29, 0.717) is 6.04 Å². The first kappa shape index (κ1) is 13.3. The molecule has 0 spiro atoms. The number of anilines is 1. The monoisotopic (exact) mass is 249 g/mol. The van der Waals surface area contributed by atoms with E-state index in [-0.39, 0.29) is 5.60 Å². The van der Waals surface area contributed by atoms with Crippen LogP contribution >= 0.6 is 0 Å². The first-order valence-corrected chi connectivity index (χ1v) is 6.54. The van der Waals surface area contributed by atoms with Gasteiger partial charge in [-0.05, 0) is 45.5 Å². The molecular weight excluding hydrogens is 226 g/mol.